The van der Waals surface area contributed by atoms with Gasteiger partial charge >= 0.3 is 0 Å². The van der Waals surface area contributed by atoms with E-state index in [-0.39, 0.29) is 0 Å². The highest BCUT2D eigenvalue weighted by Crippen LogP contribution is 2.30. The zero-order valence-corrected chi connectivity index (χ0v) is 9.61. The van der Waals surface area contributed by atoms with E-state index in [1.54, 1.807) is 0 Å². The van der Waals surface area contributed by atoms with Crippen LogP contribution in [-0.4, -0.2) is 5.88 Å². The van der Waals surface area contributed by atoms with Gasteiger partial charge in [0.1, 0.15) is 0 Å². The molecule has 1 fully saturated rings. The molecule has 0 atom stereocenters. The Morgan fingerprint density at radius 2 is 1.92 bits per heavy atom. The molecule has 0 N–H and O–H groups in total. The van der Waals surface area contributed by atoms with Crippen molar-refractivity contribution in [2.24, 2.45) is 11.8 Å². The van der Waals surface area contributed by atoms with Gasteiger partial charge in [-0.1, -0.05) is 44.8 Å². The molecule has 0 aromatic heterocycles. The molecular formula is C12H21Cl. The lowest BCUT2D eigenvalue weighted by Crippen LogP contribution is -2.11. The minimum absolute atomic E-state index is 0.649. The third-order valence-corrected chi connectivity index (χ3v) is 3.14. The molecule has 0 heterocycles. The number of halogens is 1. The fraction of sp³-hybridized carbons (Fsp3) is 0.833. The molecule has 0 aromatic rings. The fourth-order valence-corrected chi connectivity index (χ4v) is 2.50. The maximum Gasteiger partial charge on any atom is 0.0436 e. The Kier molecular flexibility index (Phi) is 4.87. The molecule has 0 aromatic carbocycles. The summed E-state index contributed by atoms with van der Waals surface area (Å²) in [4.78, 5) is 0. The largest absolute Gasteiger partial charge is 0.122 e. The summed E-state index contributed by atoms with van der Waals surface area (Å²) in [6, 6.07) is 0. The van der Waals surface area contributed by atoms with Crippen molar-refractivity contribution in [3.8, 4) is 0 Å². The average molecular weight is 201 g/mol. The van der Waals surface area contributed by atoms with Crippen LogP contribution in [0.5, 0.6) is 0 Å². The maximum absolute atomic E-state index is 5.98. The molecule has 1 saturated carbocycles. The Hall–Kier alpha value is 0.0300. The van der Waals surface area contributed by atoms with Gasteiger partial charge in [-0.2, -0.15) is 0 Å². The smallest absolute Gasteiger partial charge is 0.0436 e. The van der Waals surface area contributed by atoms with Gasteiger partial charge in [0.15, 0.2) is 0 Å². The molecule has 76 valence electrons. The van der Waals surface area contributed by atoms with Gasteiger partial charge in [-0.3, -0.25) is 0 Å². The van der Waals surface area contributed by atoms with Gasteiger partial charge in [-0.25, -0.2) is 0 Å². The van der Waals surface area contributed by atoms with E-state index in [4.69, 9.17) is 11.6 Å². The quantitative estimate of drug-likeness (QED) is 0.468. The first-order chi connectivity index (χ1) is 6.24. The summed E-state index contributed by atoms with van der Waals surface area (Å²) in [5.41, 5.74) is 1.50. The van der Waals surface area contributed by atoms with E-state index in [0.29, 0.717) is 5.92 Å². The number of rotatable bonds is 3. The van der Waals surface area contributed by atoms with Gasteiger partial charge in [-0.05, 0) is 24.7 Å². The summed E-state index contributed by atoms with van der Waals surface area (Å²) in [6.07, 6.45) is 9.32. The molecule has 0 radical (unpaired) electrons. The second-order valence-electron chi connectivity index (χ2n) is 4.45. The van der Waals surface area contributed by atoms with Crippen LogP contribution in [0.25, 0.3) is 0 Å². The van der Waals surface area contributed by atoms with E-state index in [0.717, 1.165) is 11.8 Å². The number of allylic oxidation sites excluding steroid dienone is 2. The van der Waals surface area contributed by atoms with Crippen LogP contribution in [0.4, 0.5) is 0 Å². The number of alkyl halides is 1. The molecule has 1 heteroatoms. The minimum atomic E-state index is 0.649. The van der Waals surface area contributed by atoms with Gasteiger partial charge in [0.2, 0.25) is 0 Å². The normalized spacial score (nSPS) is 21.1. The van der Waals surface area contributed by atoms with E-state index < -0.39 is 0 Å². The van der Waals surface area contributed by atoms with E-state index in [1.807, 2.05) is 0 Å². The molecule has 1 rings (SSSR count). The van der Waals surface area contributed by atoms with Gasteiger partial charge in [-0.15, -0.1) is 11.6 Å². The lowest BCUT2D eigenvalue weighted by molar-refractivity contribution is 0.401. The lowest BCUT2D eigenvalue weighted by Gasteiger charge is -2.24. The molecule has 0 amide bonds. The van der Waals surface area contributed by atoms with Gasteiger partial charge < -0.3 is 0 Å². The Morgan fingerprint density at radius 3 is 2.38 bits per heavy atom. The second kappa shape index (κ2) is 5.70. The molecular weight excluding hydrogens is 180 g/mol. The van der Waals surface area contributed by atoms with Gasteiger partial charge in [0.05, 0.1) is 0 Å². The predicted molar refractivity (Wildman–Crippen MR) is 60.2 cm³/mol. The van der Waals surface area contributed by atoms with E-state index in [2.05, 4.69) is 19.9 Å². The standard InChI is InChI=1S/C12H21Cl/c1-10(2)8-12(9-13)11-6-4-3-5-7-11/h8,10-11H,3-7,9H2,1-2H3. The zero-order valence-electron chi connectivity index (χ0n) is 8.85. The average Bonchev–Trinajstić information content (AvgIpc) is 2.15. The van der Waals surface area contributed by atoms with E-state index >= 15 is 0 Å². The highest BCUT2D eigenvalue weighted by Gasteiger charge is 2.16. The molecule has 13 heavy (non-hydrogen) atoms. The van der Waals surface area contributed by atoms with Gasteiger partial charge in [0.25, 0.3) is 0 Å². The van der Waals surface area contributed by atoms with Crippen LogP contribution in [0.1, 0.15) is 46.0 Å². The van der Waals surface area contributed by atoms with E-state index in [9.17, 15) is 0 Å². The van der Waals surface area contributed by atoms with Crippen molar-refractivity contribution in [1.82, 2.24) is 0 Å². The number of hydrogen-bond acceptors (Lipinski definition) is 0. The van der Waals surface area contributed by atoms with Crippen LogP contribution in [0.15, 0.2) is 11.6 Å². The van der Waals surface area contributed by atoms with Crippen LogP contribution in [0.3, 0.4) is 0 Å². The molecule has 0 saturated heterocycles. The molecule has 0 nitrogen and oxygen atoms in total. The van der Waals surface area contributed by atoms with Crippen molar-refractivity contribution in [1.29, 1.82) is 0 Å². The topological polar surface area (TPSA) is 0 Å². The summed E-state index contributed by atoms with van der Waals surface area (Å²) in [6.45, 7) is 4.46. The zero-order chi connectivity index (χ0) is 9.68. The summed E-state index contributed by atoms with van der Waals surface area (Å²) in [5.74, 6) is 2.19. The van der Waals surface area contributed by atoms with Crippen LogP contribution < -0.4 is 0 Å². The second-order valence-corrected chi connectivity index (χ2v) is 4.72. The first-order valence-electron chi connectivity index (χ1n) is 5.50. The van der Waals surface area contributed by atoms with Gasteiger partial charge in [0, 0.05) is 5.88 Å². The minimum Gasteiger partial charge on any atom is -0.122 e. The molecule has 1 aliphatic rings. The summed E-state index contributed by atoms with van der Waals surface area (Å²) in [7, 11) is 0. The van der Waals surface area contributed by atoms with Crippen molar-refractivity contribution in [3.05, 3.63) is 11.6 Å². The highest BCUT2D eigenvalue weighted by atomic mass is 35.5. The summed E-state index contributed by atoms with van der Waals surface area (Å²) < 4.78 is 0. The molecule has 0 spiro atoms. The molecule has 0 bridgehead atoms. The maximum atomic E-state index is 5.98. The molecule has 1 aliphatic carbocycles. The Balaban J connectivity index is 2.53. The Bertz CT molecular complexity index is 164. The van der Waals surface area contributed by atoms with Crippen molar-refractivity contribution < 1.29 is 0 Å². The predicted octanol–water partition coefficient (Wildman–Crippen LogP) is 4.39. The molecule has 0 unspecified atom stereocenters. The van der Waals surface area contributed by atoms with Crippen LogP contribution >= 0.6 is 11.6 Å². The van der Waals surface area contributed by atoms with Crippen molar-refractivity contribution >= 4 is 11.6 Å². The first kappa shape index (κ1) is 11.1. The summed E-state index contributed by atoms with van der Waals surface area (Å²) >= 11 is 5.98. The third-order valence-electron chi connectivity index (χ3n) is 2.83. The molecule has 0 aliphatic heterocycles. The fourth-order valence-electron chi connectivity index (χ4n) is 2.19. The number of hydrogen-bond donors (Lipinski definition) is 0. The lowest BCUT2D eigenvalue weighted by atomic mass is 9.83. The Labute approximate surface area is 87.4 Å². The summed E-state index contributed by atoms with van der Waals surface area (Å²) in [5, 5.41) is 0. The first-order valence-corrected chi connectivity index (χ1v) is 6.04. The SMILES string of the molecule is CC(C)C=C(CCl)C1CCCCC1. The van der Waals surface area contributed by atoms with Crippen molar-refractivity contribution in [2.75, 3.05) is 5.88 Å². The monoisotopic (exact) mass is 200 g/mol. The van der Waals surface area contributed by atoms with E-state index in [1.165, 1.54) is 37.7 Å². The van der Waals surface area contributed by atoms with Crippen LogP contribution in [-0.2, 0) is 0 Å². The highest BCUT2D eigenvalue weighted by molar-refractivity contribution is 6.19. The van der Waals surface area contributed by atoms with Crippen molar-refractivity contribution in [2.45, 2.75) is 46.0 Å². The van der Waals surface area contributed by atoms with Crippen LogP contribution in [0, 0.1) is 11.8 Å². The van der Waals surface area contributed by atoms with Crippen LogP contribution in [0.2, 0.25) is 0 Å². The van der Waals surface area contributed by atoms with Crippen molar-refractivity contribution in [3.63, 3.8) is 0 Å². The third kappa shape index (κ3) is 3.72. The Morgan fingerprint density at radius 1 is 1.31 bits per heavy atom.